The van der Waals surface area contributed by atoms with Crippen LogP contribution >= 0.6 is 0 Å². The molecule has 2 rings (SSSR count). The topological polar surface area (TPSA) is 83.6 Å². The fourth-order valence-corrected chi connectivity index (χ4v) is 2.13. The minimum Gasteiger partial charge on any atom is -0.502 e. The average Bonchev–Trinajstić information content (AvgIpc) is 2.42. The van der Waals surface area contributed by atoms with Gasteiger partial charge in [0.2, 0.25) is 0 Å². The number of nitro groups is 1. The van der Waals surface area contributed by atoms with Crippen molar-refractivity contribution < 1.29 is 15.1 Å². The first-order valence-electron chi connectivity index (χ1n) is 6.17. The molecule has 0 heterocycles. The van der Waals surface area contributed by atoms with Crippen molar-refractivity contribution in [2.24, 2.45) is 0 Å². The molecule has 0 aliphatic rings. The zero-order valence-corrected chi connectivity index (χ0v) is 11.0. The summed E-state index contributed by atoms with van der Waals surface area (Å²) in [6.07, 6.45) is 0.515. The molecule has 2 aromatic rings. The molecule has 0 aromatic heterocycles. The number of nitro benzene ring substituents is 1. The molecule has 0 aliphatic heterocycles. The van der Waals surface area contributed by atoms with Crippen LogP contribution in [0.2, 0.25) is 0 Å². The molecule has 0 fully saturated rings. The SMILES string of the molecule is Cc1ccccc1Cc1cc(CO)c(O)c([N+](=O)[O-])c1. The Hall–Kier alpha value is -2.40. The smallest absolute Gasteiger partial charge is 0.311 e. The van der Waals surface area contributed by atoms with Crippen LogP contribution in [0, 0.1) is 17.0 Å². The number of hydrogen-bond acceptors (Lipinski definition) is 4. The van der Waals surface area contributed by atoms with E-state index in [0.717, 1.165) is 11.1 Å². The highest BCUT2D eigenvalue weighted by Crippen LogP contribution is 2.32. The van der Waals surface area contributed by atoms with E-state index in [9.17, 15) is 20.3 Å². The minimum absolute atomic E-state index is 0.169. The summed E-state index contributed by atoms with van der Waals surface area (Å²) in [5, 5.41) is 29.8. The number of aryl methyl sites for hydroxylation is 1. The number of rotatable bonds is 4. The first-order valence-corrected chi connectivity index (χ1v) is 6.17. The molecule has 0 spiro atoms. The summed E-state index contributed by atoms with van der Waals surface area (Å²) in [5.74, 6) is -0.467. The maximum atomic E-state index is 10.9. The summed E-state index contributed by atoms with van der Waals surface area (Å²) in [7, 11) is 0. The van der Waals surface area contributed by atoms with Gasteiger partial charge in [-0.3, -0.25) is 10.1 Å². The third-order valence-electron chi connectivity index (χ3n) is 3.25. The van der Waals surface area contributed by atoms with E-state index in [1.807, 2.05) is 31.2 Å². The summed E-state index contributed by atoms with van der Waals surface area (Å²) in [5.41, 5.74) is 2.63. The molecular weight excluding hydrogens is 258 g/mol. The third kappa shape index (κ3) is 2.78. The van der Waals surface area contributed by atoms with Crippen molar-refractivity contribution in [3.8, 4) is 5.75 Å². The highest BCUT2D eigenvalue weighted by Gasteiger charge is 2.18. The van der Waals surface area contributed by atoms with Gasteiger partial charge in [0.25, 0.3) is 0 Å². The molecular formula is C15H15NO4. The van der Waals surface area contributed by atoms with Crippen molar-refractivity contribution in [2.75, 3.05) is 0 Å². The number of aromatic hydroxyl groups is 1. The van der Waals surface area contributed by atoms with Crippen molar-refractivity contribution in [3.63, 3.8) is 0 Å². The lowest BCUT2D eigenvalue weighted by atomic mass is 9.98. The number of hydrogen-bond donors (Lipinski definition) is 2. The number of benzene rings is 2. The molecule has 0 bridgehead atoms. The van der Waals surface area contributed by atoms with E-state index in [0.29, 0.717) is 12.0 Å². The maximum Gasteiger partial charge on any atom is 0.311 e. The average molecular weight is 273 g/mol. The van der Waals surface area contributed by atoms with Gasteiger partial charge in [0.05, 0.1) is 11.5 Å². The summed E-state index contributed by atoms with van der Waals surface area (Å²) in [6.45, 7) is 1.53. The van der Waals surface area contributed by atoms with Gasteiger partial charge in [0, 0.05) is 11.6 Å². The first-order chi connectivity index (χ1) is 9.52. The van der Waals surface area contributed by atoms with Gasteiger partial charge < -0.3 is 10.2 Å². The van der Waals surface area contributed by atoms with Crippen LogP contribution in [0.4, 0.5) is 5.69 Å². The molecule has 0 atom stereocenters. The van der Waals surface area contributed by atoms with Crippen molar-refractivity contribution in [3.05, 3.63) is 68.8 Å². The third-order valence-corrected chi connectivity index (χ3v) is 3.25. The van der Waals surface area contributed by atoms with Crippen LogP contribution in [-0.2, 0) is 13.0 Å². The van der Waals surface area contributed by atoms with Crippen molar-refractivity contribution in [1.29, 1.82) is 0 Å². The number of nitrogens with zero attached hydrogens (tertiary/aromatic N) is 1. The molecule has 20 heavy (non-hydrogen) atoms. The largest absolute Gasteiger partial charge is 0.502 e. The van der Waals surface area contributed by atoms with Crippen LogP contribution in [-0.4, -0.2) is 15.1 Å². The standard InChI is InChI=1S/C15H15NO4/c1-10-4-2-3-5-12(10)6-11-7-13(9-17)15(18)14(8-11)16(19)20/h2-5,7-8,17-18H,6,9H2,1H3. The summed E-state index contributed by atoms with van der Waals surface area (Å²) in [6, 6.07) is 10.7. The molecule has 0 unspecified atom stereocenters. The Morgan fingerprint density at radius 1 is 1.20 bits per heavy atom. The molecule has 0 saturated heterocycles. The Labute approximate surface area is 116 Å². The summed E-state index contributed by atoms with van der Waals surface area (Å²) < 4.78 is 0. The van der Waals surface area contributed by atoms with Gasteiger partial charge >= 0.3 is 5.69 Å². The van der Waals surface area contributed by atoms with Gasteiger partial charge in [-0.25, -0.2) is 0 Å². The zero-order chi connectivity index (χ0) is 14.7. The van der Waals surface area contributed by atoms with Gasteiger partial charge in [-0.2, -0.15) is 0 Å². The lowest BCUT2D eigenvalue weighted by molar-refractivity contribution is -0.386. The zero-order valence-electron chi connectivity index (χ0n) is 11.0. The van der Waals surface area contributed by atoms with Crippen LogP contribution < -0.4 is 0 Å². The van der Waals surface area contributed by atoms with E-state index in [2.05, 4.69) is 0 Å². The second-order valence-electron chi connectivity index (χ2n) is 4.64. The van der Waals surface area contributed by atoms with Crippen LogP contribution in [0.5, 0.6) is 5.75 Å². The molecule has 2 N–H and O–H groups in total. The number of phenols is 1. The Kier molecular flexibility index (Phi) is 4.00. The summed E-state index contributed by atoms with van der Waals surface area (Å²) >= 11 is 0. The van der Waals surface area contributed by atoms with Crippen LogP contribution in [0.1, 0.15) is 22.3 Å². The predicted molar refractivity (Wildman–Crippen MR) is 74.7 cm³/mol. The lowest BCUT2D eigenvalue weighted by Gasteiger charge is -2.09. The highest BCUT2D eigenvalue weighted by atomic mass is 16.6. The van der Waals surface area contributed by atoms with Gasteiger partial charge in [-0.05, 0) is 36.1 Å². The van der Waals surface area contributed by atoms with Gasteiger partial charge in [0.1, 0.15) is 0 Å². The Morgan fingerprint density at radius 3 is 2.50 bits per heavy atom. The summed E-state index contributed by atoms with van der Waals surface area (Å²) in [4.78, 5) is 10.3. The van der Waals surface area contributed by atoms with Crippen molar-refractivity contribution in [2.45, 2.75) is 20.0 Å². The van der Waals surface area contributed by atoms with Crippen LogP contribution in [0.3, 0.4) is 0 Å². The molecule has 5 nitrogen and oxygen atoms in total. The normalized spacial score (nSPS) is 10.5. The first kappa shape index (κ1) is 14.0. The Bertz CT molecular complexity index is 652. The van der Waals surface area contributed by atoms with E-state index in [-0.39, 0.29) is 11.3 Å². The monoisotopic (exact) mass is 273 g/mol. The van der Waals surface area contributed by atoms with Crippen LogP contribution in [0.15, 0.2) is 36.4 Å². The van der Waals surface area contributed by atoms with Crippen molar-refractivity contribution in [1.82, 2.24) is 0 Å². The van der Waals surface area contributed by atoms with E-state index in [4.69, 9.17) is 0 Å². The maximum absolute atomic E-state index is 10.9. The van der Waals surface area contributed by atoms with Crippen LogP contribution in [0.25, 0.3) is 0 Å². The second-order valence-corrected chi connectivity index (χ2v) is 4.64. The van der Waals surface area contributed by atoms with Crippen molar-refractivity contribution >= 4 is 5.69 Å². The van der Waals surface area contributed by atoms with Gasteiger partial charge in [-0.1, -0.05) is 24.3 Å². The molecule has 0 amide bonds. The van der Waals surface area contributed by atoms with E-state index >= 15 is 0 Å². The minimum atomic E-state index is -0.643. The van der Waals surface area contributed by atoms with Gasteiger partial charge in [0.15, 0.2) is 5.75 Å². The molecule has 2 aromatic carbocycles. The number of aliphatic hydroxyl groups excluding tert-OH is 1. The Balaban J connectivity index is 2.45. The van der Waals surface area contributed by atoms with E-state index in [1.165, 1.54) is 6.07 Å². The lowest BCUT2D eigenvalue weighted by Crippen LogP contribution is -1.98. The van der Waals surface area contributed by atoms with Gasteiger partial charge in [-0.15, -0.1) is 0 Å². The second kappa shape index (κ2) is 5.71. The fraction of sp³-hybridized carbons (Fsp3) is 0.200. The molecule has 104 valence electrons. The molecule has 5 heteroatoms. The fourth-order valence-electron chi connectivity index (χ4n) is 2.13. The quantitative estimate of drug-likeness (QED) is 0.662. The highest BCUT2D eigenvalue weighted by molar-refractivity contribution is 5.54. The number of aliphatic hydroxyl groups is 1. The molecule has 0 radical (unpaired) electrons. The van der Waals surface area contributed by atoms with E-state index in [1.54, 1.807) is 6.07 Å². The molecule has 0 saturated carbocycles. The van der Waals surface area contributed by atoms with E-state index < -0.39 is 17.3 Å². The predicted octanol–water partition coefficient (Wildman–Crippen LogP) is 2.69. The Morgan fingerprint density at radius 2 is 1.90 bits per heavy atom. The molecule has 0 aliphatic carbocycles.